The van der Waals surface area contributed by atoms with E-state index in [4.69, 9.17) is 4.74 Å². The van der Waals surface area contributed by atoms with Crippen LogP contribution in [0.25, 0.3) is 0 Å². The van der Waals surface area contributed by atoms with Gasteiger partial charge in [0.1, 0.15) is 5.60 Å². The van der Waals surface area contributed by atoms with Crippen LogP contribution in [0.3, 0.4) is 0 Å². The van der Waals surface area contributed by atoms with Crippen molar-refractivity contribution in [1.29, 1.82) is 0 Å². The standard InChI is InChI=1S/C14H19NO2/c1-17-14(12-8-4-2-5-9-12)11-7-3-6-10-13(14)15-16/h2,4-5,8-9,16H,3,6-7,10-11H2,1H3/b15-13+. The lowest BCUT2D eigenvalue weighted by atomic mass is 9.84. The highest BCUT2D eigenvalue weighted by Crippen LogP contribution is 2.37. The minimum absolute atomic E-state index is 0.535. The lowest BCUT2D eigenvalue weighted by molar-refractivity contribution is 0.0358. The largest absolute Gasteiger partial charge is 0.411 e. The number of methoxy groups -OCH3 is 1. The molecule has 1 aliphatic rings. The smallest absolute Gasteiger partial charge is 0.134 e. The van der Waals surface area contributed by atoms with Crippen LogP contribution >= 0.6 is 0 Å². The Hall–Kier alpha value is -1.35. The summed E-state index contributed by atoms with van der Waals surface area (Å²) in [6.45, 7) is 0. The van der Waals surface area contributed by atoms with Crippen molar-refractivity contribution >= 4 is 5.71 Å². The van der Waals surface area contributed by atoms with E-state index in [9.17, 15) is 5.21 Å². The van der Waals surface area contributed by atoms with Crippen molar-refractivity contribution in [2.75, 3.05) is 7.11 Å². The quantitative estimate of drug-likeness (QED) is 0.483. The Bertz CT molecular complexity index is 388. The molecule has 0 spiro atoms. The summed E-state index contributed by atoms with van der Waals surface area (Å²) in [6, 6.07) is 10.1. The fourth-order valence-electron chi connectivity index (χ4n) is 2.68. The van der Waals surface area contributed by atoms with Crippen molar-refractivity contribution < 1.29 is 9.94 Å². The van der Waals surface area contributed by atoms with Crippen molar-refractivity contribution in [1.82, 2.24) is 0 Å². The molecule has 0 saturated heterocycles. The summed E-state index contributed by atoms with van der Waals surface area (Å²) in [6.07, 6.45) is 5.02. The maximum atomic E-state index is 9.25. The number of nitrogens with zero attached hydrogens (tertiary/aromatic N) is 1. The van der Waals surface area contributed by atoms with Crippen molar-refractivity contribution in [3.63, 3.8) is 0 Å². The summed E-state index contributed by atoms with van der Waals surface area (Å²) in [5.41, 5.74) is 1.30. The Morgan fingerprint density at radius 2 is 1.94 bits per heavy atom. The summed E-state index contributed by atoms with van der Waals surface area (Å²) < 4.78 is 5.76. The molecule has 1 atom stereocenters. The van der Waals surface area contributed by atoms with Crippen LogP contribution in [0, 0.1) is 0 Å². The molecule has 0 amide bonds. The molecule has 2 rings (SSSR count). The van der Waals surface area contributed by atoms with Gasteiger partial charge in [0, 0.05) is 7.11 Å². The molecule has 3 heteroatoms. The third-order valence-corrected chi connectivity index (χ3v) is 3.62. The number of rotatable bonds is 2. The average molecular weight is 233 g/mol. The fourth-order valence-corrected chi connectivity index (χ4v) is 2.68. The molecular formula is C14H19NO2. The summed E-state index contributed by atoms with van der Waals surface area (Å²) in [5.74, 6) is 0. The molecular weight excluding hydrogens is 214 g/mol. The van der Waals surface area contributed by atoms with Gasteiger partial charge in [0.25, 0.3) is 0 Å². The minimum atomic E-state index is -0.535. The molecule has 0 radical (unpaired) electrons. The first-order valence-corrected chi connectivity index (χ1v) is 6.15. The van der Waals surface area contributed by atoms with E-state index in [1.54, 1.807) is 7.11 Å². The van der Waals surface area contributed by atoms with Crippen LogP contribution in [-0.2, 0) is 10.3 Å². The average Bonchev–Trinajstić information content (AvgIpc) is 2.62. The molecule has 0 aromatic heterocycles. The Balaban J connectivity index is 2.46. The van der Waals surface area contributed by atoms with E-state index in [1.165, 1.54) is 0 Å². The van der Waals surface area contributed by atoms with E-state index in [-0.39, 0.29) is 0 Å². The van der Waals surface area contributed by atoms with Crippen LogP contribution in [0.2, 0.25) is 0 Å². The molecule has 1 unspecified atom stereocenters. The summed E-state index contributed by atoms with van der Waals surface area (Å²) >= 11 is 0. The van der Waals surface area contributed by atoms with Crippen LogP contribution in [0.15, 0.2) is 35.5 Å². The van der Waals surface area contributed by atoms with Gasteiger partial charge in [0.05, 0.1) is 5.71 Å². The van der Waals surface area contributed by atoms with Crippen LogP contribution in [0.4, 0.5) is 0 Å². The molecule has 1 aliphatic carbocycles. The molecule has 1 N–H and O–H groups in total. The molecule has 0 aliphatic heterocycles. The summed E-state index contributed by atoms with van der Waals surface area (Å²) in [5, 5.41) is 12.8. The van der Waals surface area contributed by atoms with Crippen molar-refractivity contribution in [2.45, 2.75) is 37.7 Å². The van der Waals surface area contributed by atoms with Crippen LogP contribution in [0.5, 0.6) is 0 Å². The summed E-state index contributed by atoms with van der Waals surface area (Å²) in [7, 11) is 1.70. The maximum absolute atomic E-state index is 9.25. The second kappa shape index (κ2) is 5.32. The molecule has 1 aromatic carbocycles. The second-order valence-corrected chi connectivity index (χ2v) is 4.50. The van der Waals surface area contributed by atoms with E-state index in [0.717, 1.165) is 43.4 Å². The zero-order chi connectivity index (χ0) is 12.1. The van der Waals surface area contributed by atoms with E-state index < -0.39 is 5.60 Å². The predicted molar refractivity (Wildman–Crippen MR) is 67.4 cm³/mol. The summed E-state index contributed by atoms with van der Waals surface area (Å²) in [4.78, 5) is 0. The molecule has 1 aromatic rings. The number of ether oxygens (including phenoxy) is 1. The highest BCUT2D eigenvalue weighted by atomic mass is 16.5. The number of oxime groups is 1. The molecule has 1 saturated carbocycles. The molecule has 3 nitrogen and oxygen atoms in total. The third kappa shape index (κ3) is 2.20. The van der Waals surface area contributed by atoms with Crippen molar-refractivity contribution in [2.24, 2.45) is 5.16 Å². The number of benzene rings is 1. The number of hydrogen-bond donors (Lipinski definition) is 1. The SMILES string of the molecule is COC1(c2ccccc2)CCCCC/C1=N\O. The molecule has 1 fully saturated rings. The first-order valence-electron chi connectivity index (χ1n) is 6.15. The van der Waals surface area contributed by atoms with Crippen molar-refractivity contribution in [3.8, 4) is 0 Å². The fraction of sp³-hybridized carbons (Fsp3) is 0.500. The van der Waals surface area contributed by atoms with Gasteiger partial charge in [-0.15, -0.1) is 0 Å². The van der Waals surface area contributed by atoms with E-state index in [2.05, 4.69) is 5.16 Å². The van der Waals surface area contributed by atoms with Gasteiger partial charge < -0.3 is 9.94 Å². The Morgan fingerprint density at radius 1 is 1.18 bits per heavy atom. The van der Waals surface area contributed by atoms with Gasteiger partial charge in [-0.1, -0.05) is 41.9 Å². The van der Waals surface area contributed by atoms with E-state index in [0.29, 0.717) is 0 Å². The van der Waals surface area contributed by atoms with E-state index >= 15 is 0 Å². The van der Waals surface area contributed by atoms with Gasteiger partial charge in [-0.05, 0) is 31.2 Å². The lowest BCUT2D eigenvalue weighted by Crippen LogP contribution is -2.37. The number of hydrogen-bond acceptors (Lipinski definition) is 3. The lowest BCUT2D eigenvalue weighted by Gasteiger charge is -2.32. The van der Waals surface area contributed by atoms with Gasteiger partial charge in [-0.3, -0.25) is 0 Å². The van der Waals surface area contributed by atoms with Gasteiger partial charge in [-0.2, -0.15) is 0 Å². The zero-order valence-electron chi connectivity index (χ0n) is 10.2. The maximum Gasteiger partial charge on any atom is 0.134 e. The normalized spacial score (nSPS) is 27.9. The zero-order valence-corrected chi connectivity index (χ0v) is 10.2. The van der Waals surface area contributed by atoms with Gasteiger partial charge in [-0.25, -0.2) is 0 Å². The Labute approximate surface area is 102 Å². The highest BCUT2D eigenvalue weighted by molar-refractivity contribution is 5.93. The highest BCUT2D eigenvalue weighted by Gasteiger charge is 2.38. The van der Waals surface area contributed by atoms with Crippen LogP contribution in [0.1, 0.15) is 37.7 Å². The molecule has 17 heavy (non-hydrogen) atoms. The molecule has 92 valence electrons. The van der Waals surface area contributed by atoms with E-state index in [1.807, 2.05) is 30.3 Å². The third-order valence-electron chi connectivity index (χ3n) is 3.62. The Morgan fingerprint density at radius 3 is 2.59 bits per heavy atom. The molecule has 0 bridgehead atoms. The van der Waals surface area contributed by atoms with Crippen LogP contribution in [-0.4, -0.2) is 18.0 Å². The minimum Gasteiger partial charge on any atom is -0.411 e. The first-order chi connectivity index (χ1) is 8.33. The second-order valence-electron chi connectivity index (χ2n) is 4.50. The van der Waals surface area contributed by atoms with Crippen molar-refractivity contribution in [3.05, 3.63) is 35.9 Å². The Kier molecular flexibility index (Phi) is 3.79. The topological polar surface area (TPSA) is 41.8 Å². The van der Waals surface area contributed by atoms with Gasteiger partial charge in [0.2, 0.25) is 0 Å². The van der Waals surface area contributed by atoms with Gasteiger partial charge in [0.15, 0.2) is 0 Å². The molecule has 0 heterocycles. The van der Waals surface area contributed by atoms with Gasteiger partial charge >= 0.3 is 0 Å². The predicted octanol–water partition coefficient (Wildman–Crippen LogP) is 3.32. The first kappa shape index (κ1) is 12.1. The monoisotopic (exact) mass is 233 g/mol. The van der Waals surface area contributed by atoms with Crippen LogP contribution < -0.4 is 0 Å².